The molecule has 0 aliphatic carbocycles. The number of hydrogen-bond acceptors (Lipinski definition) is 6. The standard InChI is InChI=1S/C6H9N3O2S/c10-6-4-11-2-1-9(6)5-3-7-12-8-5/h3,6,10H,1-2,4H2. The number of aromatic nitrogens is 2. The molecule has 0 spiro atoms. The molecule has 1 fully saturated rings. The maximum atomic E-state index is 9.48. The molecule has 0 saturated carbocycles. The van der Waals surface area contributed by atoms with Gasteiger partial charge in [-0.2, -0.15) is 8.75 Å². The summed E-state index contributed by atoms with van der Waals surface area (Å²) in [5, 5.41) is 9.48. The molecule has 66 valence electrons. The maximum absolute atomic E-state index is 9.48. The van der Waals surface area contributed by atoms with Gasteiger partial charge in [0.1, 0.15) is 0 Å². The zero-order chi connectivity index (χ0) is 8.39. The fraction of sp³-hybridized carbons (Fsp3) is 0.667. The minimum Gasteiger partial charge on any atom is -0.375 e. The van der Waals surface area contributed by atoms with Crippen LogP contribution in [0.5, 0.6) is 0 Å². The Bertz CT molecular complexity index is 241. The van der Waals surface area contributed by atoms with E-state index in [1.54, 1.807) is 11.1 Å². The highest BCUT2D eigenvalue weighted by Gasteiger charge is 2.22. The highest BCUT2D eigenvalue weighted by Crippen LogP contribution is 2.15. The molecule has 1 aromatic heterocycles. The lowest BCUT2D eigenvalue weighted by Gasteiger charge is -2.31. The second-order valence-electron chi connectivity index (χ2n) is 2.51. The first-order valence-electron chi connectivity index (χ1n) is 3.68. The van der Waals surface area contributed by atoms with E-state index in [4.69, 9.17) is 4.74 Å². The summed E-state index contributed by atoms with van der Waals surface area (Å²) in [5.74, 6) is 0.732. The summed E-state index contributed by atoms with van der Waals surface area (Å²) >= 11 is 1.14. The molecule has 1 N–H and O–H groups in total. The van der Waals surface area contributed by atoms with E-state index in [2.05, 4.69) is 8.75 Å². The van der Waals surface area contributed by atoms with Gasteiger partial charge in [-0.3, -0.25) is 0 Å². The van der Waals surface area contributed by atoms with Crippen molar-refractivity contribution in [1.82, 2.24) is 8.75 Å². The van der Waals surface area contributed by atoms with Gasteiger partial charge in [-0.1, -0.05) is 0 Å². The molecule has 1 unspecified atom stereocenters. The van der Waals surface area contributed by atoms with Crippen LogP contribution in [0.15, 0.2) is 6.20 Å². The number of rotatable bonds is 1. The second kappa shape index (κ2) is 3.34. The number of aliphatic hydroxyl groups excluding tert-OH is 1. The number of hydrogen-bond donors (Lipinski definition) is 1. The molecule has 6 heteroatoms. The molecule has 2 heterocycles. The van der Waals surface area contributed by atoms with Gasteiger partial charge in [0.2, 0.25) is 0 Å². The summed E-state index contributed by atoms with van der Waals surface area (Å²) in [4.78, 5) is 1.78. The predicted molar refractivity (Wildman–Crippen MR) is 44.1 cm³/mol. The number of nitrogens with zero attached hydrogens (tertiary/aromatic N) is 3. The van der Waals surface area contributed by atoms with Crippen LogP contribution < -0.4 is 4.90 Å². The lowest BCUT2D eigenvalue weighted by Crippen LogP contribution is -2.45. The third-order valence-electron chi connectivity index (χ3n) is 1.75. The zero-order valence-corrected chi connectivity index (χ0v) is 7.20. The predicted octanol–water partition coefficient (Wildman–Crippen LogP) is -0.307. The first-order valence-corrected chi connectivity index (χ1v) is 4.41. The molecule has 5 nitrogen and oxygen atoms in total. The Labute approximate surface area is 73.9 Å². The van der Waals surface area contributed by atoms with Crippen LogP contribution in [-0.2, 0) is 4.74 Å². The van der Waals surface area contributed by atoms with Gasteiger partial charge in [0, 0.05) is 6.54 Å². The molecule has 0 amide bonds. The van der Waals surface area contributed by atoms with Crippen molar-refractivity contribution in [2.75, 3.05) is 24.7 Å². The van der Waals surface area contributed by atoms with Crippen molar-refractivity contribution in [1.29, 1.82) is 0 Å². The van der Waals surface area contributed by atoms with Crippen LogP contribution >= 0.6 is 11.7 Å². The van der Waals surface area contributed by atoms with E-state index >= 15 is 0 Å². The van der Waals surface area contributed by atoms with E-state index in [9.17, 15) is 5.11 Å². The summed E-state index contributed by atoms with van der Waals surface area (Å²) in [6, 6.07) is 0. The molecule has 0 aromatic carbocycles. The quantitative estimate of drug-likeness (QED) is 0.653. The lowest BCUT2D eigenvalue weighted by atomic mass is 10.4. The average Bonchev–Trinajstić information content (AvgIpc) is 2.57. The monoisotopic (exact) mass is 187 g/mol. The molecular formula is C6H9N3O2S. The topological polar surface area (TPSA) is 58.5 Å². The fourth-order valence-electron chi connectivity index (χ4n) is 1.14. The van der Waals surface area contributed by atoms with Crippen molar-refractivity contribution in [3.05, 3.63) is 6.20 Å². The highest BCUT2D eigenvalue weighted by atomic mass is 32.1. The van der Waals surface area contributed by atoms with Crippen LogP contribution in [0.25, 0.3) is 0 Å². The van der Waals surface area contributed by atoms with E-state index in [1.807, 2.05) is 0 Å². The van der Waals surface area contributed by atoms with Crippen molar-refractivity contribution in [3.63, 3.8) is 0 Å². The Morgan fingerprint density at radius 1 is 1.75 bits per heavy atom. The fourth-order valence-corrected chi connectivity index (χ4v) is 1.57. The van der Waals surface area contributed by atoms with Gasteiger partial charge in [0.05, 0.1) is 31.1 Å². The van der Waals surface area contributed by atoms with Crippen LogP contribution in [0, 0.1) is 0 Å². The first kappa shape index (κ1) is 7.90. The SMILES string of the molecule is OC1COCCN1c1cnsn1. The Hall–Kier alpha value is -0.720. The summed E-state index contributed by atoms with van der Waals surface area (Å²) in [7, 11) is 0. The van der Waals surface area contributed by atoms with Crippen molar-refractivity contribution in [2.24, 2.45) is 0 Å². The highest BCUT2D eigenvalue weighted by molar-refractivity contribution is 6.99. The van der Waals surface area contributed by atoms with Crippen molar-refractivity contribution in [2.45, 2.75) is 6.23 Å². The Morgan fingerprint density at radius 3 is 3.33 bits per heavy atom. The molecule has 12 heavy (non-hydrogen) atoms. The Balaban J connectivity index is 2.11. The number of anilines is 1. The molecule has 1 aromatic rings. The van der Waals surface area contributed by atoms with Gasteiger partial charge >= 0.3 is 0 Å². The lowest BCUT2D eigenvalue weighted by molar-refractivity contribution is 0.00593. The summed E-state index contributed by atoms with van der Waals surface area (Å²) in [5.41, 5.74) is 0. The zero-order valence-electron chi connectivity index (χ0n) is 6.38. The molecule has 1 atom stereocenters. The Morgan fingerprint density at radius 2 is 2.67 bits per heavy atom. The van der Waals surface area contributed by atoms with Crippen molar-refractivity contribution < 1.29 is 9.84 Å². The second-order valence-corrected chi connectivity index (χ2v) is 3.07. The summed E-state index contributed by atoms with van der Waals surface area (Å²) in [6.45, 7) is 1.65. The Kier molecular flexibility index (Phi) is 2.20. The van der Waals surface area contributed by atoms with Crippen LogP contribution in [0.3, 0.4) is 0 Å². The molecule has 1 aliphatic rings. The average molecular weight is 187 g/mol. The molecular weight excluding hydrogens is 178 g/mol. The molecule has 0 radical (unpaired) electrons. The molecule has 0 bridgehead atoms. The third kappa shape index (κ3) is 1.40. The molecule has 2 rings (SSSR count). The number of ether oxygens (including phenoxy) is 1. The van der Waals surface area contributed by atoms with Crippen molar-refractivity contribution >= 4 is 17.5 Å². The van der Waals surface area contributed by atoms with E-state index in [0.717, 1.165) is 17.5 Å². The molecule has 1 aliphatic heterocycles. The van der Waals surface area contributed by atoms with Crippen LogP contribution in [0.4, 0.5) is 5.82 Å². The summed E-state index contributed by atoms with van der Waals surface area (Å²) < 4.78 is 13.0. The van der Waals surface area contributed by atoms with Gasteiger partial charge in [-0.05, 0) is 0 Å². The van der Waals surface area contributed by atoms with E-state index < -0.39 is 6.23 Å². The van der Waals surface area contributed by atoms with E-state index in [0.29, 0.717) is 19.8 Å². The summed E-state index contributed by atoms with van der Waals surface area (Å²) in [6.07, 6.45) is 1.07. The van der Waals surface area contributed by atoms with E-state index in [1.165, 1.54) is 0 Å². The van der Waals surface area contributed by atoms with Crippen LogP contribution in [0.2, 0.25) is 0 Å². The van der Waals surface area contributed by atoms with Gasteiger partial charge in [-0.15, -0.1) is 0 Å². The minimum atomic E-state index is -0.581. The number of morpholine rings is 1. The normalized spacial score (nSPS) is 24.4. The van der Waals surface area contributed by atoms with Gasteiger partial charge in [-0.25, -0.2) is 0 Å². The van der Waals surface area contributed by atoms with Crippen LogP contribution in [-0.4, -0.2) is 39.8 Å². The van der Waals surface area contributed by atoms with Crippen LogP contribution in [0.1, 0.15) is 0 Å². The maximum Gasteiger partial charge on any atom is 0.164 e. The van der Waals surface area contributed by atoms with E-state index in [-0.39, 0.29) is 0 Å². The third-order valence-corrected chi connectivity index (χ3v) is 2.22. The molecule has 1 saturated heterocycles. The van der Waals surface area contributed by atoms with Crippen molar-refractivity contribution in [3.8, 4) is 0 Å². The van der Waals surface area contributed by atoms with Gasteiger partial charge in [0.25, 0.3) is 0 Å². The number of aliphatic hydroxyl groups is 1. The first-order chi connectivity index (χ1) is 5.88. The van der Waals surface area contributed by atoms with Gasteiger partial charge < -0.3 is 14.7 Å². The minimum absolute atomic E-state index is 0.345. The largest absolute Gasteiger partial charge is 0.375 e. The van der Waals surface area contributed by atoms with Gasteiger partial charge in [0.15, 0.2) is 12.0 Å². The smallest absolute Gasteiger partial charge is 0.164 e.